The van der Waals surface area contributed by atoms with E-state index in [2.05, 4.69) is 37.5 Å². The van der Waals surface area contributed by atoms with Crippen molar-refractivity contribution in [2.24, 2.45) is 0 Å². The molecule has 0 bridgehead atoms. The van der Waals surface area contributed by atoms with Crippen molar-refractivity contribution in [1.29, 1.82) is 0 Å². The fourth-order valence-corrected chi connectivity index (χ4v) is 2.71. The van der Waals surface area contributed by atoms with Gasteiger partial charge in [0.05, 0.1) is 0 Å². The van der Waals surface area contributed by atoms with Crippen LogP contribution in [0.4, 0.5) is 0 Å². The molecule has 0 aliphatic carbocycles. The summed E-state index contributed by atoms with van der Waals surface area (Å²) in [7, 11) is 0. The third-order valence-electron chi connectivity index (χ3n) is 3.64. The van der Waals surface area contributed by atoms with Crippen LogP contribution in [0.25, 0.3) is 0 Å². The number of hydrogen-bond donors (Lipinski definition) is 0. The Labute approximate surface area is 191 Å². The summed E-state index contributed by atoms with van der Waals surface area (Å²) in [6, 6.07) is 0. The molecule has 0 heterocycles. The van der Waals surface area contributed by atoms with Crippen LogP contribution in [0.3, 0.4) is 0 Å². The topological polar surface area (TPSA) is 6.48 Å². The third kappa shape index (κ3) is 21.0. The second kappa shape index (κ2) is 22.9. The molecule has 25 heavy (non-hydrogen) atoms. The minimum absolute atomic E-state index is 0. The monoisotopic (exact) mass is 472 g/mol. The first-order valence-electron chi connectivity index (χ1n) is 9.36. The summed E-state index contributed by atoms with van der Waals surface area (Å²) < 4.78 is 1.27. The first-order valence-corrected chi connectivity index (χ1v) is 11.0. The van der Waals surface area contributed by atoms with Crippen molar-refractivity contribution in [3.8, 4) is 0 Å². The number of unbranched alkanes of at least 4 members (excludes halogenated alkanes) is 4. The predicted octanol–water partition coefficient (Wildman–Crippen LogP) is 5.44. The van der Waals surface area contributed by atoms with Gasteiger partial charge in [0.15, 0.2) is 0 Å². The Morgan fingerprint density at radius 2 is 0.800 bits per heavy atom. The summed E-state index contributed by atoms with van der Waals surface area (Å²) in [6.45, 7) is 12.9. The largest absolute Gasteiger partial charge is 0.411 e. The predicted molar refractivity (Wildman–Crippen MR) is 123 cm³/mol. The molecule has 0 saturated heterocycles. The van der Waals surface area contributed by atoms with E-state index in [1.165, 1.54) is 51.4 Å². The van der Waals surface area contributed by atoms with E-state index >= 15 is 0 Å². The van der Waals surface area contributed by atoms with E-state index in [1.807, 2.05) is 0 Å². The SMILES string of the molecule is CCCCN(CCCC)C(=S)[S-].CCCCN(CCCC)C(=S)[S-].[Zn]. The summed E-state index contributed by atoms with van der Waals surface area (Å²) in [5.41, 5.74) is 0. The van der Waals surface area contributed by atoms with Gasteiger partial charge in [0.1, 0.15) is 0 Å². The van der Waals surface area contributed by atoms with Gasteiger partial charge in [-0.2, -0.15) is 0 Å². The molecule has 0 atom stereocenters. The van der Waals surface area contributed by atoms with Gasteiger partial charge in [0.2, 0.25) is 0 Å². The minimum atomic E-state index is 0. The van der Waals surface area contributed by atoms with Crippen LogP contribution in [0.5, 0.6) is 0 Å². The molecule has 0 unspecified atom stereocenters. The Hall–Kier alpha value is 0.843. The molecule has 0 aromatic rings. The van der Waals surface area contributed by atoms with Gasteiger partial charge in [-0.15, -0.1) is 0 Å². The van der Waals surface area contributed by atoms with E-state index in [4.69, 9.17) is 49.7 Å². The second-order valence-corrected chi connectivity index (χ2v) is 7.98. The van der Waals surface area contributed by atoms with E-state index in [9.17, 15) is 0 Å². The Morgan fingerprint density at radius 3 is 0.920 bits per heavy atom. The second-order valence-electron chi connectivity index (χ2n) is 5.92. The molecule has 0 radical (unpaired) electrons. The molecular weight excluding hydrogens is 438 g/mol. The van der Waals surface area contributed by atoms with E-state index in [1.54, 1.807) is 0 Å². The van der Waals surface area contributed by atoms with Crippen LogP contribution in [0, 0.1) is 0 Å². The molecule has 0 fully saturated rings. The number of thiocarbonyl (C=S) groups is 2. The fourth-order valence-electron chi connectivity index (χ4n) is 1.98. The average Bonchev–Trinajstić information content (AvgIpc) is 2.55. The quantitative estimate of drug-likeness (QED) is 0.210. The van der Waals surface area contributed by atoms with E-state index in [0.717, 1.165) is 26.2 Å². The van der Waals surface area contributed by atoms with Crippen molar-refractivity contribution in [1.82, 2.24) is 9.80 Å². The molecule has 0 aromatic carbocycles. The molecule has 7 heteroatoms. The molecule has 0 aromatic heterocycles. The maximum atomic E-state index is 4.98. The first-order chi connectivity index (χ1) is 11.4. The Kier molecular flexibility index (Phi) is 28.0. The molecule has 0 spiro atoms. The molecule has 2 nitrogen and oxygen atoms in total. The van der Waals surface area contributed by atoms with Crippen LogP contribution >= 0.6 is 24.4 Å². The van der Waals surface area contributed by atoms with Crippen molar-refractivity contribution in [2.45, 2.75) is 79.1 Å². The van der Waals surface area contributed by atoms with Gasteiger partial charge in [0.25, 0.3) is 0 Å². The smallest absolute Gasteiger partial charge is 0.0162 e. The fraction of sp³-hybridized carbons (Fsp3) is 0.889. The molecule has 0 N–H and O–H groups in total. The van der Waals surface area contributed by atoms with Crippen LogP contribution in [0.15, 0.2) is 0 Å². The maximum Gasteiger partial charge on any atom is 0.0162 e. The van der Waals surface area contributed by atoms with Gasteiger partial charge >= 0.3 is 0 Å². The summed E-state index contributed by atoms with van der Waals surface area (Å²) in [5.74, 6) is 0. The first kappa shape index (κ1) is 30.6. The van der Waals surface area contributed by atoms with Crippen LogP contribution in [0.1, 0.15) is 79.1 Å². The molecule has 146 valence electrons. The third-order valence-corrected chi connectivity index (χ3v) is 4.68. The van der Waals surface area contributed by atoms with Crippen LogP contribution in [-0.2, 0) is 44.7 Å². The van der Waals surface area contributed by atoms with Gasteiger partial charge in [0, 0.05) is 45.7 Å². The summed E-state index contributed by atoms with van der Waals surface area (Å²) in [4.78, 5) is 4.27. The Balaban J connectivity index is -0.000000372. The van der Waals surface area contributed by atoms with E-state index < -0.39 is 0 Å². The molecular formula is C18H36N2S4Zn-2. The van der Waals surface area contributed by atoms with Crippen molar-refractivity contribution in [3.63, 3.8) is 0 Å². The van der Waals surface area contributed by atoms with Gasteiger partial charge < -0.3 is 59.5 Å². The Morgan fingerprint density at radius 1 is 0.600 bits per heavy atom. The van der Waals surface area contributed by atoms with Gasteiger partial charge in [-0.25, -0.2) is 0 Å². The minimum Gasteiger partial charge on any atom is -0.411 e. The number of hydrogen-bond acceptors (Lipinski definition) is 4. The zero-order chi connectivity index (χ0) is 18.8. The summed E-state index contributed by atoms with van der Waals surface area (Å²) in [5, 5.41) is 0. The number of rotatable bonds is 12. The zero-order valence-electron chi connectivity index (χ0n) is 16.7. The standard InChI is InChI=1S/2C9H19NS2.Zn/c2*1-3-5-7-10(9(11)12)8-6-4-2;/h2*3-8H2,1-2H3,(H,11,12);/p-2. The van der Waals surface area contributed by atoms with Crippen LogP contribution in [0.2, 0.25) is 0 Å². The van der Waals surface area contributed by atoms with Gasteiger partial charge in [-0.3, -0.25) is 0 Å². The molecule has 0 aliphatic rings. The van der Waals surface area contributed by atoms with Gasteiger partial charge in [-0.05, 0) is 25.7 Å². The van der Waals surface area contributed by atoms with Crippen LogP contribution in [-0.4, -0.2) is 44.6 Å². The van der Waals surface area contributed by atoms with Crippen molar-refractivity contribution < 1.29 is 19.5 Å². The van der Waals surface area contributed by atoms with Crippen molar-refractivity contribution in [2.75, 3.05) is 26.2 Å². The number of nitrogens with zero attached hydrogens (tertiary/aromatic N) is 2. The van der Waals surface area contributed by atoms with Crippen molar-refractivity contribution >= 4 is 58.3 Å². The molecule has 0 rings (SSSR count). The van der Waals surface area contributed by atoms with Crippen molar-refractivity contribution in [3.05, 3.63) is 0 Å². The summed E-state index contributed by atoms with van der Waals surface area (Å²) in [6.07, 6.45) is 9.62. The average molecular weight is 474 g/mol. The normalized spacial score (nSPS) is 9.44. The molecule has 0 saturated carbocycles. The summed E-state index contributed by atoms with van der Waals surface area (Å²) >= 11 is 19.9. The maximum absolute atomic E-state index is 4.98. The van der Waals surface area contributed by atoms with Gasteiger partial charge in [-0.1, -0.05) is 62.0 Å². The van der Waals surface area contributed by atoms with E-state index in [-0.39, 0.29) is 19.5 Å². The zero-order valence-corrected chi connectivity index (χ0v) is 23.0. The van der Waals surface area contributed by atoms with E-state index in [0.29, 0.717) is 8.64 Å². The Bertz CT molecular complexity index is 271. The molecule has 0 amide bonds. The molecule has 0 aliphatic heterocycles. The van der Waals surface area contributed by atoms with Crippen LogP contribution < -0.4 is 0 Å².